The maximum Gasteiger partial charge on any atom is 0.416 e. The summed E-state index contributed by atoms with van der Waals surface area (Å²) in [6.07, 6.45) is -4.44. The maximum atomic E-state index is 13.2. The van der Waals surface area contributed by atoms with Crippen LogP contribution in [0.3, 0.4) is 0 Å². The number of halogens is 3. The minimum atomic E-state index is -4.53. The molecule has 0 aliphatic heterocycles. The SMILES string of the molecule is CC(=O)ON=C(N)c1cccc(C[C@H](NS(=O)(=O)c2ccccc2)c2nc3ccc(C(F)(F)F)cc3s2)c1. The van der Waals surface area contributed by atoms with Crippen molar-refractivity contribution in [2.45, 2.75) is 30.5 Å². The number of alkyl halides is 3. The van der Waals surface area contributed by atoms with Crippen LogP contribution in [0.25, 0.3) is 10.2 Å². The van der Waals surface area contributed by atoms with E-state index in [0.717, 1.165) is 23.5 Å². The average molecular weight is 563 g/mol. The van der Waals surface area contributed by atoms with Crippen LogP contribution in [0.2, 0.25) is 0 Å². The van der Waals surface area contributed by atoms with Gasteiger partial charge in [0.1, 0.15) is 5.01 Å². The van der Waals surface area contributed by atoms with Crippen LogP contribution in [-0.4, -0.2) is 25.2 Å². The number of benzene rings is 3. The standard InChI is InChI=1S/C25H21F3N4O4S2/c1-15(33)36-31-23(29)17-7-5-6-16(12-17)13-21(32-38(34,35)19-8-3-2-4-9-19)24-30-20-11-10-18(25(26,27)28)14-22(20)37-24/h2-12,14,21,32H,13H2,1H3,(H2,29,31)/t21-/m0/s1. The molecule has 0 unspecified atom stereocenters. The topological polar surface area (TPSA) is 124 Å². The van der Waals surface area contributed by atoms with Gasteiger partial charge in [-0.3, -0.25) is 0 Å². The Morgan fingerprint density at radius 3 is 2.53 bits per heavy atom. The number of carbonyl (C=O) groups excluding carboxylic acids is 1. The van der Waals surface area contributed by atoms with Crippen LogP contribution in [0.4, 0.5) is 13.2 Å². The molecule has 4 aromatic rings. The first-order valence-corrected chi connectivity index (χ1v) is 13.4. The smallest absolute Gasteiger partial charge is 0.380 e. The van der Waals surface area contributed by atoms with E-state index in [1.165, 1.54) is 25.1 Å². The molecule has 4 rings (SSSR count). The molecular formula is C25H21F3N4O4S2. The molecule has 0 radical (unpaired) electrons. The van der Waals surface area contributed by atoms with Crippen molar-refractivity contribution in [2.24, 2.45) is 10.9 Å². The molecule has 0 amide bonds. The highest BCUT2D eigenvalue weighted by Crippen LogP contribution is 2.35. The minimum Gasteiger partial charge on any atom is -0.380 e. The molecule has 0 fully saturated rings. The number of fused-ring (bicyclic) bond motifs is 1. The number of sulfonamides is 1. The normalized spacial score (nSPS) is 13.4. The molecule has 3 N–H and O–H groups in total. The summed E-state index contributed by atoms with van der Waals surface area (Å²) in [7, 11) is -4.01. The highest BCUT2D eigenvalue weighted by atomic mass is 32.2. The first kappa shape index (κ1) is 27.2. The van der Waals surface area contributed by atoms with E-state index in [1.807, 2.05) is 0 Å². The lowest BCUT2D eigenvalue weighted by Gasteiger charge is -2.17. The zero-order valence-electron chi connectivity index (χ0n) is 19.8. The van der Waals surface area contributed by atoms with Gasteiger partial charge in [-0.15, -0.1) is 11.3 Å². The Labute approximate surface area is 220 Å². The summed E-state index contributed by atoms with van der Waals surface area (Å²) in [5.41, 5.74) is 6.43. The van der Waals surface area contributed by atoms with Gasteiger partial charge in [0.2, 0.25) is 10.0 Å². The van der Waals surface area contributed by atoms with E-state index in [1.54, 1.807) is 42.5 Å². The highest BCUT2D eigenvalue weighted by Gasteiger charge is 2.31. The molecule has 1 atom stereocenters. The van der Waals surface area contributed by atoms with Crippen molar-refractivity contribution in [3.05, 3.63) is 94.5 Å². The van der Waals surface area contributed by atoms with E-state index in [9.17, 15) is 26.4 Å². The molecule has 0 spiro atoms. The maximum absolute atomic E-state index is 13.2. The minimum absolute atomic E-state index is 0.0250. The van der Waals surface area contributed by atoms with E-state index in [0.29, 0.717) is 16.6 Å². The Hall–Kier alpha value is -3.81. The van der Waals surface area contributed by atoms with Gasteiger partial charge in [0.15, 0.2) is 5.84 Å². The molecule has 3 aromatic carbocycles. The predicted octanol–water partition coefficient (Wildman–Crippen LogP) is 4.76. The summed E-state index contributed by atoms with van der Waals surface area (Å²) in [5, 5.41) is 3.84. The fourth-order valence-corrected chi connectivity index (χ4v) is 5.92. The van der Waals surface area contributed by atoms with Crippen molar-refractivity contribution in [3.8, 4) is 0 Å². The van der Waals surface area contributed by atoms with Crippen LogP contribution in [0, 0.1) is 0 Å². The molecule has 0 bridgehead atoms. The zero-order chi connectivity index (χ0) is 27.5. The highest BCUT2D eigenvalue weighted by molar-refractivity contribution is 7.89. The molecular weight excluding hydrogens is 541 g/mol. The molecule has 0 saturated heterocycles. The van der Waals surface area contributed by atoms with Crippen LogP contribution in [0.5, 0.6) is 0 Å². The number of nitrogens with two attached hydrogens (primary N) is 1. The van der Waals surface area contributed by atoms with Gasteiger partial charge >= 0.3 is 12.1 Å². The van der Waals surface area contributed by atoms with Gasteiger partial charge in [0, 0.05) is 12.5 Å². The van der Waals surface area contributed by atoms with E-state index in [4.69, 9.17) is 5.73 Å². The second-order valence-corrected chi connectivity index (χ2v) is 11.0. The number of rotatable bonds is 8. The molecule has 38 heavy (non-hydrogen) atoms. The van der Waals surface area contributed by atoms with Crippen molar-refractivity contribution in [3.63, 3.8) is 0 Å². The lowest BCUT2D eigenvalue weighted by Crippen LogP contribution is -2.30. The third kappa shape index (κ3) is 6.54. The number of hydrogen-bond donors (Lipinski definition) is 2. The number of nitrogens with one attached hydrogen (secondary N) is 1. The lowest BCUT2D eigenvalue weighted by molar-refractivity contribution is -0.141. The van der Waals surface area contributed by atoms with Crippen molar-refractivity contribution < 1.29 is 31.2 Å². The van der Waals surface area contributed by atoms with Crippen LogP contribution in [0.1, 0.15) is 34.7 Å². The largest absolute Gasteiger partial charge is 0.416 e. The first-order valence-electron chi connectivity index (χ1n) is 11.1. The number of amidine groups is 1. The summed E-state index contributed by atoms with van der Waals surface area (Å²) in [6, 6.07) is 16.6. The zero-order valence-corrected chi connectivity index (χ0v) is 21.4. The van der Waals surface area contributed by atoms with E-state index >= 15 is 0 Å². The Morgan fingerprint density at radius 2 is 1.84 bits per heavy atom. The number of hydrogen-bond acceptors (Lipinski definition) is 7. The summed E-state index contributed by atoms with van der Waals surface area (Å²) in [5.74, 6) is -0.716. The fraction of sp³-hybridized carbons (Fsp3) is 0.160. The third-order valence-corrected chi connectivity index (χ3v) is 7.94. The number of thiazole rings is 1. The van der Waals surface area contributed by atoms with Crippen LogP contribution >= 0.6 is 11.3 Å². The number of carbonyl (C=O) groups is 1. The van der Waals surface area contributed by atoms with E-state index in [2.05, 4.69) is 19.7 Å². The fourth-order valence-electron chi connectivity index (χ4n) is 3.56. The van der Waals surface area contributed by atoms with Gasteiger partial charge in [-0.05, 0) is 48.4 Å². The Morgan fingerprint density at radius 1 is 1.11 bits per heavy atom. The first-order chi connectivity index (χ1) is 17.9. The van der Waals surface area contributed by atoms with Crippen molar-refractivity contribution >= 4 is 43.4 Å². The Balaban J connectivity index is 1.72. The van der Waals surface area contributed by atoms with Crippen molar-refractivity contribution in [2.75, 3.05) is 0 Å². The van der Waals surface area contributed by atoms with Gasteiger partial charge in [-0.2, -0.15) is 13.2 Å². The van der Waals surface area contributed by atoms with Crippen molar-refractivity contribution in [1.29, 1.82) is 0 Å². The van der Waals surface area contributed by atoms with Gasteiger partial charge in [0.25, 0.3) is 0 Å². The monoisotopic (exact) mass is 562 g/mol. The molecule has 0 saturated carbocycles. The molecule has 0 aliphatic rings. The summed E-state index contributed by atoms with van der Waals surface area (Å²) < 4.78 is 68.9. The average Bonchev–Trinajstić information content (AvgIpc) is 3.30. The number of nitrogens with zero attached hydrogens (tertiary/aromatic N) is 2. The quantitative estimate of drug-likeness (QED) is 0.138. The molecule has 1 aromatic heterocycles. The van der Waals surface area contributed by atoms with E-state index in [-0.39, 0.29) is 26.9 Å². The second-order valence-electron chi connectivity index (χ2n) is 8.18. The van der Waals surface area contributed by atoms with Crippen LogP contribution in [-0.2, 0) is 32.3 Å². The summed E-state index contributed by atoms with van der Waals surface area (Å²) in [4.78, 5) is 20.1. The van der Waals surface area contributed by atoms with Crippen molar-refractivity contribution in [1.82, 2.24) is 9.71 Å². The summed E-state index contributed by atoms with van der Waals surface area (Å²) >= 11 is 0.969. The van der Waals surface area contributed by atoms with Gasteiger partial charge in [-0.25, -0.2) is 22.9 Å². The number of aromatic nitrogens is 1. The molecule has 1 heterocycles. The third-order valence-electron chi connectivity index (χ3n) is 5.32. The molecule has 13 heteroatoms. The van der Waals surface area contributed by atoms with Crippen LogP contribution in [0.15, 0.2) is 82.8 Å². The van der Waals surface area contributed by atoms with Gasteiger partial charge in [0.05, 0.1) is 26.7 Å². The van der Waals surface area contributed by atoms with Crippen LogP contribution < -0.4 is 10.5 Å². The summed E-state index contributed by atoms with van der Waals surface area (Å²) in [6.45, 7) is 1.17. The number of oxime groups is 1. The molecule has 198 valence electrons. The van der Waals surface area contributed by atoms with Gasteiger partial charge in [-0.1, -0.05) is 41.6 Å². The Kier molecular flexibility index (Phi) is 7.81. The molecule has 8 nitrogen and oxygen atoms in total. The van der Waals surface area contributed by atoms with E-state index < -0.39 is 33.8 Å². The lowest BCUT2D eigenvalue weighted by atomic mass is 10.0. The molecule has 0 aliphatic carbocycles. The van der Waals surface area contributed by atoms with Gasteiger partial charge < -0.3 is 10.6 Å². The predicted molar refractivity (Wildman–Crippen MR) is 137 cm³/mol. The second kappa shape index (κ2) is 10.9. The Bertz CT molecular complexity index is 1600.